The number of nitrogens with zero attached hydrogens (tertiary/aromatic N) is 2. The molecule has 1 unspecified atom stereocenters. The lowest BCUT2D eigenvalue weighted by atomic mass is 9.99. The topological polar surface area (TPSA) is 36.9 Å². The lowest BCUT2D eigenvalue weighted by Gasteiger charge is -2.22. The lowest BCUT2D eigenvalue weighted by molar-refractivity contribution is 0.414. The highest BCUT2D eigenvalue weighted by Gasteiger charge is 2.25. The Hall–Kier alpha value is -1.76. The normalized spacial score (nSPS) is 16.9. The van der Waals surface area contributed by atoms with Gasteiger partial charge in [0.15, 0.2) is 5.96 Å². The van der Waals surface area contributed by atoms with Crippen molar-refractivity contribution in [3.05, 3.63) is 65.7 Å². The quantitative estimate of drug-likeness (QED) is 0.413. The number of benzene rings is 2. The fourth-order valence-corrected chi connectivity index (χ4v) is 3.39. The molecule has 1 aliphatic heterocycles. The molecule has 1 fully saturated rings. The molecule has 26 heavy (non-hydrogen) atoms. The Morgan fingerprint density at radius 1 is 1.15 bits per heavy atom. The van der Waals surface area contributed by atoms with Crippen LogP contribution in [0.25, 0.3) is 0 Å². The lowest BCUT2D eigenvalue weighted by Crippen LogP contribution is -2.40. The second-order valence-corrected chi connectivity index (χ2v) is 6.41. The second kappa shape index (κ2) is 10.4. The van der Waals surface area contributed by atoms with Gasteiger partial charge >= 0.3 is 0 Å². The highest BCUT2D eigenvalue weighted by atomic mass is 127. The number of likely N-dealkylation sites (tertiary alicyclic amines) is 1. The van der Waals surface area contributed by atoms with E-state index in [1.807, 2.05) is 19.2 Å². The van der Waals surface area contributed by atoms with E-state index in [9.17, 15) is 0 Å². The van der Waals surface area contributed by atoms with E-state index in [1.54, 1.807) is 7.11 Å². The van der Waals surface area contributed by atoms with Gasteiger partial charge < -0.3 is 15.0 Å². The third-order valence-corrected chi connectivity index (χ3v) is 4.83. The molecule has 1 saturated heterocycles. The van der Waals surface area contributed by atoms with Gasteiger partial charge in [0.2, 0.25) is 0 Å². The first kappa shape index (κ1) is 20.6. The van der Waals surface area contributed by atoms with E-state index in [1.165, 1.54) is 17.5 Å². The summed E-state index contributed by atoms with van der Waals surface area (Å²) in [6, 6.07) is 19.0. The number of halogens is 1. The highest BCUT2D eigenvalue weighted by molar-refractivity contribution is 14.0. The van der Waals surface area contributed by atoms with Crippen LogP contribution in [0.3, 0.4) is 0 Å². The minimum absolute atomic E-state index is 0. The predicted octanol–water partition coefficient (Wildman–Crippen LogP) is 3.92. The molecule has 4 nitrogen and oxygen atoms in total. The van der Waals surface area contributed by atoms with Gasteiger partial charge in [-0.3, -0.25) is 4.99 Å². The van der Waals surface area contributed by atoms with Gasteiger partial charge in [0.05, 0.1) is 7.11 Å². The number of nitrogens with one attached hydrogen (secondary N) is 1. The molecule has 5 heteroatoms. The molecule has 0 saturated carbocycles. The molecular weight excluding hydrogens is 437 g/mol. The maximum Gasteiger partial charge on any atom is 0.193 e. The number of methoxy groups -OCH3 is 1. The SMILES string of the molecule is CN=C(NCCc1ccc(OC)cc1)N1CCC(c2ccccc2)C1.I. The molecule has 0 bridgehead atoms. The van der Waals surface area contributed by atoms with Crippen molar-refractivity contribution in [1.29, 1.82) is 0 Å². The number of aliphatic imine (C=N–C) groups is 1. The summed E-state index contributed by atoms with van der Waals surface area (Å²) in [6.45, 7) is 2.97. The highest BCUT2D eigenvalue weighted by Crippen LogP contribution is 2.26. The Morgan fingerprint density at radius 2 is 1.88 bits per heavy atom. The minimum Gasteiger partial charge on any atom is -0.497 e. The summed E-state index contributed by atoms with van der Waals surface area (Å²) in [5.41, 5.74) is 2.73. The number of hydrogen-bond acceptors (Lipinski definition) is 2. The first-order valence-electron chi connectivity index (χ1n) is 8.93. The first-order chi connectivity index (χ1) is 12.3. The predicted molar refractivity (Wildman–Crippen MR) is 119 cm³/mol. The molecule has 0 aromatic heterocycles. The molecule has 0 spiro atoms. The number of hydrogen-bond donors (Lipinski definition) is 1. The van der Waals surface area contributed by atoms with Crippen LogP contribution in [0.15, 0.2) is 59.6 Å². The van der Waals surface area contributed by atoms with Crippen molar-refractivity contribution in [3.8, 4) is 5.75 Å². The summed E-state index contributed by atoms with van der Waals surface area (Å²) in [6.07, 6.45) is 2.15. The van der Waals surface area contributed by atoms with Crippen LogP contribution in [0.5, 0.6) is 5.75 Å². The molecule has 0 amide bonds. The fourth-order valence-electron chi connectivity index (χ4n) is 3.39. The van der Waals surface area contributed by atoms with Crippen LogP contribution in [0.1, 0.15) is 23.5 Å². The van der Waals surface area contributed by atoms with Gasteiger partial charge in [-0.15, -0.1) is 24.0 Å². The first-order valence-corrected chi connectivity index (χ1v) is 8.93. The Balaban J connectivity index is 0.00000243. The molecule has 1 heterocycles. The maximum absolute atomic E-state index is 5.20. The van der Waals surface area contributed by atoms with E-state index in [0.717, 1.165) is 37.8 Å². The van der Waals surface area contributed by atoms with Gasteiger partial charge in [-0.1, -0.05) is 42.5 Å². The van der Waals surface area contributed by atoms with Crippen LogP contribution in [-0.4, -0.2) is 44.7 Å². The molecule has 2 aromatic carbocycles. The van der Waals surface area contributed by atoms with E-state index in [-0.39, 0.29) is 24.0 Å². The van der Waals surface area contributed by atoms with E-state index in [2.05, 4.69) is 57.7 Å². The smallest absolute Gasteiger partial charge is 0.193 e. The summed E-state index contributed by atoms with van der Waals surface area (Å²) in [7, 11) is 3.56. The molecule has 2 aromatic rings. The molecule has 1 N–H and O–H groups in total. The molecular formula is C21H28IN3O. The van der Waals surface area contributed by atoms with E-state index >= 15 is 0 Å². The molecule has 1 aliphatic rings. The standard InChI is InChI=1S/C21H27N3O.HI/c1-22-21(23-14-12-17-8-10-20(25-2)11-9-17)24-15-13-19(16-24)18-6-4-3-5-7-18;/h3-11,19H,12-16H2,1-2H3,(H,22,23);1H. The Morgan fingerprint density at radius 3 is 2.54 bits per heavy atom. The van der Waals surface area contributed by atoms with Crippen LogP contribution in [0, 0.1) is 0 Å². The van der Waals surface area contributed by atoms with Crippen molar-refractivity contribution in [3.63, 3.8) is 0 Å². The average Bonchev–Trinajstić information content (AvgIpc) is 3.16. The van der Waals surface area contributed by atoms with Crippen LogP contribution in [-0.2, 0) is 6.42 Å². The summed E-state index contributed by atoms with van der Waals surface area (Å²) in [5.74, 6) is 2.50. The van der Waals surface area contributed by atoms with Crippen molar-refractivity contribution in [2.75, 3.05) is 33.8 Å². The summed E-state index contributed by atoms with van der Waals surface area (Å²) in [5, 5.41) is 3.51. The van der Waals surface area contributed by atoms with E-state index < -0.39 is 0 Å². The van der Waals surface area contributed by atoms with Crippen molar-refractivity contribution in [2.45, 2.75) is 18.8 Å². The largest absolute Gasteiger partial charge is 0.497 e. The van der Waals surface area contributed by atoms with E-state index in [0.29, 0.717) is 5.92 Å². The molecule has 1 atom stereocenters. The zero-order valence-corrected chi connectivity index (χ0v) is 17.9. The molecule has 3 rings (SSSR count). The van der Waals surface area contributed by atoms with Crippen LogP contribution in [0.4, 0.5) is 0 Å². The number of ether oxygens (including phenoxy) is 1. The zero-order chi connectivity index (χ0) is 17.5. The maximum atomic E-state index is 5.20. The monoisotopic (exact) mass is 465 g/mol. The van der Waals surface area contributed by atoms with E-state index in [4.69, 9.17) is 4.74 Å². The summed E-state index contributed by atoms with van der Waals surface area (Å²) >= 11 is 0. The average molecular weight is 465 g/mol. The molecule has 0 aliphatic carbocycles. The third-order valence-electron chi connectivity index (χ3n) is 4.83. The fraction of sp³-hybridized carbons (Fsp3) is 0.381. The Kier molecular flexibility index (Phi) is 8.22. The van der Waals surface area contributed by atoms with Crippen LogP contribution < -0.4 is 10.1 Å². The summed E-state index contributed by atoms with van der Waals surface area (Å²) in [4.78, 5) is 6.83. The number of rotatable bonds is 5. The van der Waals surface area contributed by atoms with Crippen molar-refractivity contribution < 1.29 is 4.74 Å². The summed E-state index contributed by atoms with van der Waals surface area (Å²) < 4.78 is 5.20. The van der Waals surface area contributed by atoms with Crippen LogP contribution >= 0.6 is 24.0 Å². The van der Waals surface area contributed by atoms with Crippen molar-refractivity contribution >= 4 is 29.9 Å². The van der Waals surface area contributed by atoms with Crippen molar-refractivity contribution in [1.82, 2.24) is 10.2 Å². The van der Waals surface area contributed by atoms with Crippen molar-refractivity contribution in [2.24, 2.45) is 4.99 Å². The van der Waals surface area contributed by atoms with Gasteiger partial charge in [0.25, 0.3) is 0 Å². The van der Waals surface area contributed by atoms with Gasteiger partial charge in [0, 0.05) is 32.6 Å². The minimum atomic E-state index is 0. The van der Waals surface area contributed by atoms with Gasteiger partial charge in [-0.05, 0) is 36.1 Å². The van der Waals surface area contributed by atoms with Gasteiger partial charge in [0.1, 0.15) is 5.75 Å². The molecule has 0 radical (unpaired) electrons. The number of guanidine groups is 1. The van der Waals surface area contributed by atoms with Crippen LogP contribution in [0.2, 0.25) is 0 Å². The van der Waals surface area contributed by atoms with Gasteiger partial charge in [-0.2, -0.15) is 0 Å². The second-order valence-electron chi connectivity index (χ2n) is 6.41. The molecule has 140 valence electrons. The zero-order valence-electron chi connectivity index (χ0n) is 15.5. The Labute approximate surface area is 173 Å². The third kappa shape index (κ3) is 5.37. The Bertz CT molecular complexity index is 688. The van der Waals surface area contributed by atoms with Gasteiger partial charge in [-0.25, -0.2) is 0 Å².